The molecule has 0 saturated carbocycles. The summed E-state index contributed by atoms with van der Waals surface area (Å²) in [6, 6.07) is 0. The molecule has 0 bridgehead atoms. The van der Waals surface area contributed by atoms with Crippen molar-refractivity contribution in [1.29, 1.82) is 0 Å². The summed E-state index contributed by atoms with van der Waals surface area (Å²) in [5, 5.41) is 4.63. The van der Waals surface area contributed by atoms with Gasteiger partial charge in [0.15, 0.2) is 0 Å². The van der Waals surface area contributed by atoms with E-state index in [2.05, 4.69) is 30.6 Å². The van der Waals surface area contributed by atoms with Gasteiger partial charge in [-0.1, -0.05) is 6.92 Å². The van der Waals surface area contributed by atoms with Crippen molar-refractivity contribution in [2.45, 2.75) is 59.5 Å². The molecule has 1 atom stereocenters. The third-order valence-electron chi connectivity index (χ3n) is 5.25. The van der Waals surface area contributed by atoms with E-state index in [4.69, 9.17) is 4.74 Å². The Kier molecular flexibility index (Phi) is 4.26. The standard InChI is InChI=1S/C17H27N3O2/c1-4-8-20-14(3)15(13(2)18-20)10-19-11-17(6-5-16(19)21)7-9-22-12-17/h4-12H2,1-3H3/t17-/m0/s1. The van der Waals surface area contributed by atoms with Crippen molar-refractivity contribution in [2.75, 3.05) is 19.8 Å². The largest absolute Gasteiger partial charge is 0.381 e. The number of nitrogens with zero attached hydrogens (tertiary/aromatic N) is 3. The molecule has 3 rings (SSSR count). The Bertz CT molecular complexity index is 558. The molecule has 22 heavy (non-hydrogen) atoms. The van der Waals surface area contributed by atoms with Crippen molar-refractivity contribution in [3.8, 4) is 0 Å². The lowest BCUT2D eigenvalue weighted by atomic mass is 9.79. The van der Waals surface area contributed by atoms with Gasteiger partial charge < -0.3 is 9.64 Å². The van der Waals surface area contributed by atoms with E-state index in [1.807, 2.05) is 4.90 Å². The van der Waals surface area contributed by atoms with Crippen LogP contribution in [0.3, 0.4) is 0 Å². The molecular formula is C17H27N3O2. The van der Waals surface area contributed by atoms with E-state index in [-0.39, 0.29) is 11.3 Å². The second-order valence-corrected chi connectivity index (χ2v) is 6.92. The zero-order chi connectivity index (χ0) is 15.7. The van der Waals surface area contributed by atoms with E-state index >= 15 is 0 Å². The van der Waals surface area contributed by atoms with Crippen LogP contribution < -0.4 is 0 Å². The molecule has 0 unspecified atom stereocenters. The van der Waals surface area contributed by atoms with Crippen LogP contribution in [0, 0.1) is 19.3 Å². The first-order valence-electron chi connectivity index (χ1n) is 8.43. The first kappa shape index (κ1) is 15.5. The van der Waals surface area contributed by atoms with Crippen LogP contribution in [0.4, 0.5) is 0 Å². The second-order valence-electron chi connectivity index (χ2n) is 6.92. The van der Waals surface area contributed by atoms with Gasteiger partial charge in [0, 0.05) is 49.3 Å². The van der Waals surface area contributed by atoms with Crippen molar-refractivity contribution in [2.24, 2.45) is 5.41 Å². The summed E-state index contributed by atoms with van der Waals surface area (Å²) in [4.78, 5) is 14.4. The molecule has 2 aliphatic rings. The third kappa shape index (κ3) is 2.78. The van der Waals surface area contributed by atoms with Crippen molar-refractivity contribution in [1.82, 2.24) is 14.7 Å². The molecule has 5 nitrogen and oxygen atoms in total. The SMILES string of the molecule is CCCn1nc(C)c(CN2C[C@@]3(CCOC3)CCC2=O)c1C. The van der Waals surface area contributed by atoms with Crippen LogP contribution in [0.2, 0.25) is 0 Å². The zero-order valence-electron chi connectivity index (χ0n) is 14.0. The lowest BCUT2D eigenvalue weighted by Crippen LogP contribution is -2.46. The molecule has 0 aromatic carbocycles. The average molecular weight is 305 g/mol. The Morgan fingerprint density at radius 2 is 2.14 bits per heavy atom. The van der Waals surface area contributed by atoms with E-state index < -0.39 is 0 Å². The second kappa shape index (κ2) is 6.03. The van der Waals surface area contributed by atoms with Crippen LogP contribution in [0.25, 0.3) is 0 Å². The Morgan fingerprint density at radius 3 is 2.82 bits per heavy atom. The number of amides is 1. The van der Waals surface area contributed by atoms with Gasteiger partial charge in [-0.15, -0.1) is 0 Å². The van der Waals surface area contributed by atoms with Crippen LogP contribution in [-0.4, -0.2) is 40.3 Å². The normalized spacial score (nSPS) is 25.4. The first-order chi connectivity index (χ1) is 10.5. The smallest absolute Gasteiger partial charge is 0.222 e. The molecule has 122 valence electrons. The van der Waals surface area contributed by atoms with Gasteiger partial charge in [-0.2, -0.15) is 5.10 Å². The predicted octanol–water partition coefficient (Wildman–Crippen LogP) is 2.44. The van der Waals surface area contributed by atoms with E-state index in [0.29, 0.717) is 13.0 Å². The van der Waals surface area contributed by atoms with Crippen molar-refractivity contribution >= 4 is 5.91 Å². The van der Waals surface area contributed by atoms with Crippen molar-refractivity contribution < 1.29 is 9.53 Å². The summed E-state index contributed by atoms with van der Waals surface area (Å²) in [6.45, 7) is 10.5. The number of hydrogen-bond donors (Lipinski definition) is 0. The topological polar surface area (TPSA) is 47.4 Å². The number of likely N-dealkylation sites (tertiary alicyclic amines) is 1. The minimum atomic E-state index is 0.204. The number of aromatic nitrogens is 2. The minimum absolute atomic E-state index is 0.204. The predicted molar refractivity (Wildman–Crippen MR) is 84.5 cm³/mol. The molecule has 0 aliphatic carbocycles. The average Bonchev–Trinajstić information content (AvgIpc) is 3.04. The molecule has 0 radical (unpaired) electrons. The quantitative estimate of drug-likeness (QED) is 0.858. The van der Waals surface area contributed by atoms with E-state index in [0.717, 1.165) is 51.3 Å². The van der Waals surface area contributed by atoms with E-state index in [9.17, 15) is 4.79 Å². The monoisotopic (exact) mass is 305 g/mol. The number of rotatable bonds is 4. The van der Waals surface area contributed by atoms with Crippen molar-refractivity contribution in [3.63, 3.8) is 0 Å². The Hall–Kier alpha value is -1.36. The van der Waals surface area contributed by atoms with Crippen LogP contribution in [0.5, 0.6) is 0 Å². The highest BCUT2D eigenvalue weighted by Crippen LogP contribution is 2.38. The number of carbonyl (C=O) groups excluding carboxylic acids is 1. The van der Waals surface area contributed by atoms with Crippen molar-refractivity contribution in [3.05, 3.63) is 17.0 Å². The highest BCUT2D eigenvalue weighted by Gasteiger charge is 2.41. The Balaban J connectivity index is 1.78. The number of carbonyl (C=O) groups is 1. The highest BCUT2D eigenvalue weighted by atomic mass is 16.5. The molecule has 1 aromatic rings. The van der Waals surface area contributed by atoms with Crippen LogP contribution in [0.1, 0.15) is 49.6 Å². The van der Waals surface area contributed by atoms with Gasteiger partial charge in [-0.05, 0) is 33.1 Å². The third-order valence-corrected chi connectivity index (χ3v) is 5.25. The molecule has 2 saturated heterocycles. The summed E-state index contributed by atoms with van der Waals surface area (Å²) in [5.41, 5.74) is 3.68. The number of ether oxygens (including phenoxy) is 1. The van der Waals surface area contributed by atoms with Gasteiger partial charge in [0.1, 0.15) is 0 Å². The lowest BCUT2D eigenvalue weighted by molar-refractivity contribution is -0.138. The van der Waals surface area contributed by atoms with Gasteiger partial charge in [0.2, 0.25) is 5.91 Å². The molecule has 2 aliphatic heterocycles. The number of piperidine rings is 1. The molecular weight excluding hydrogens is 278 g/mol. The molecule has 5 heteroatoms. The van der Waals surface area contributed by atoms with Gasteiger partial charge in [-0.25, -0.2) is 0 Å². The molecule has 3 heterocycles. The molecule has 1 aromatic heterocycles. The molecule has 0 N–H and O–H groups in total. The minimum Gasteiger partial charge on any atom is -0.381 e. The van der Waals surface area contributed by atoms with Gasteiger partial charge >= 0.3 is 0 Å². The zero-order valence-corrected chi connectivity index (χ0v) is 14.0. The molecule has 2 fully saturated rings. The lowest BCUT2D eigenvalue weighted by Gasteiger charge is -2.39. The number of hydrogen-bond acceptors (Lipinski definition) is 3. The summed E-state index contributed by atoms with van der Waals surface area (Å²) in [7, 11) is 0. The van der Waals surface area contributed by atoms with E-state index in [1.165, 1.54) is 11.3 Å². The van der Waals surface area contributed by atoms with Crippen LogP contribution >= 0.6 is 0 Å². The fraction of sp³-hybridized carbons (Fsp3) is 0.765. The van der Waals surface area contributed by atoms with Gasteiger partial charge in [0.25, 0.3) is 0 Å². The van der Waals surface area contributed by atoms with E-state index in [1.54, 1.807) is 0 Å². The maximum Gasteiger partial charge on any atom is 0.222 e. The highest BCUT2D eigenvalue weighted by molar-refractivity contribution is 5.77. The Morgan fingerprint density at radius 1 is 1.32 bits per heavy atom. The van der Waals surface area contributed by atoms with Crippen LogP contribution in [0.15, 0.2) is 0 Å². The summed E-state index contributed by atoms with van der Waals surface area (Å²) < 4.78 is 7.68. The maximum absolute atomic E-state index is 12.4. The first-order valence-corrected chi connectivity index (χ1v) is 8.43. The molecule has 1 spiro atoms. The Labute approximate surface area is 132 Å². The summed E-state index contributed by atoms with van der Waals surface area (Å²) in [6.07, 6.45) is 3.80. The number of aryl methyl sites for hydroxylation is 2. The summed E-state index contributed by atoms with van der Waals surface area (Å²) >= 11 is 0. The van der Waals surface area contributed by atoms with Gasteiger partial charge in [-0.3, -0.25) is 9.48 Å². The fourth-order valence-electron chi connectivity index (χ4n) is 3.80. The maximum atomic E-state index is 12.4. The van der Waals surface area contributed by atoms with Crippen LogP contribution in [-0.2, 0) is 22.6 Å². The fourth-order valence-corrected chi connectivity index (χ4v) is 3.80. The summed E-state index contributed by atoms with van der Waals surface area (Å²) in [5.74, 6) is 0.277. The van der Waals surface area contributed by atoms with Gasteiger partial charge in [0.05, 0.1) is 12.3 Å². The molecule has 1 amide bonds.